The number of methoxy groups -OCH3 is 1. The number of nitrogens with zero attached hydrogens (tertiary/aromatic N) is 3. The molecule has 10 nitrogen and oxygen atoms in total. The number of nitrogens with one attached hydrogen (secondary N) is 2. The van der Waals surface area contributed by atoms with Crippen molar-refractivity contribution in [2.45, 2.75) is 38.4 Å². The molecule has 4 rings (SSSR count). The lowest BCUT2D eigenvalue weighted by molar-refractivity contribution is -0.122. The number of hydrogen-bond donors (Lipinski definition) is 3. The number of carbonyl (C=O) groups excluding carboxylic acids is 2. The average Bonchev–Trinajstić information content (AvgIpc) is 3.47. The number of ether oxygens (including phenoxy) is 2. The highest BCUT2D eigenvalue weighted by Crippen LogP contribution is 2.37. The maximum atomic E-state index is 13.9. The Bertz CT molecular complexity index is 1340. The number of halogens is 2. The summed E-state index contributed by atoms with van der Waals surface area (Å²) in [7, 11) is 1.40. The van der Waals surface area contributed by atoms with E-state index in [4.69, 9.17) is 21.1 Å². The molecular formula is C27H31ClFN5O5S. The van der Waals surface area contributed by atoms with Crippen molar-refractivity contribution in [3.8, 4) is 5.75 Å². The summed E-state index contributed by atoms with van der Waals surface area (Å²) < 4.78 is 24.4. The molecule has 0 saturated carbocycles. The van der Waals surface area contributed by atoms with Gasteiger partial charge in [0.25, 0.3) is 5.91 Å². The highest BCUT2D eigenvalue weighted by molar-refractivity contribution is 7.13. The van der Waals surface area contributed by atoms with Crippen molar-refractivity contribution in [1.82, 2.24) is 15.5 Å². The quantitative estimate of drug-likeness (QED) is 0.303. The fourth-order valence-corrected chi connectivity index (χ4v) is 5.90. The van der Waals surface area contributed by atoms with E-state index in [1.165, 1.54) is 41.5 Å². The minimum atomic E-state index is -0.866. The van der Waals surface area contributed by atoms with Crippen molar-refractivity contribution < 1.29 is 28.6 Å². The minimum absolute atomic E-state index is 0.165. The molecule has 0 aliphatic carbocycles. The van der Waals surface area contributed by atoms with Crippen LogP contribution in [0.15, 0.2) is 39.3 Å². The lowest BCUT2D eigenvalue weighted by Gasteiger charge is -2.23. The summed E-state index contributed by atoms with van der Waals surface area (Å²) in [5, 5.41) is 16.2. The molecule has 214 valence electrons. The van der Waals surface area contributed by atoms with Crippen LogP contribution in [0, 0.1) is 5.82 Å². The number of benzene rings is 1. The van der Waals surface area contributed by atoms with E-state index in [9.17, 15) is 19.1 Å². The minimum Gasteiger partial charge on any atom is -0.497 e. The van der Waals surface area contributed by atoms with Gasteiger partial charge in [0.2, 0.25) is 11.9 Å². The SMILES string of the molecule is C=N/C(=N\C(=C(/C)Cl)c1cc2c(s1)CN(CC(=O)N[C@H](CO)c1cc(F)cc(OC)c1)C2=O)NC1CCOCC1. The van der Waals surface area contributed by atoms with Crippen LogP contribution < -0.4 is 15.4 Å². The van der Waals surface area contributed by atoms with E-state index in [0.29, 0.717) is 45.9 Å². The van der Waals surface area contributed by atoms with Gasteiger partial charge in [-0.25, -0.2) is 14.4 Å². The van der Waals surface area contributed by atoms with Gasteiger partial charge in [-0.3, -0.25) is 9.59 Å². The Morgan fingerprint density at radius 3 is 2.73 bits per heavy atom. The van der Waals surface area contributed by atoms with Crippen LogP contribution in [0.1, 0.15) is 51.5 Å². The molecule has 2 aromatic rings. The number of aliphatic imine (C=N–C) groups is 2. The van der Waals surface area contributed by atoms with E-state index >= 15 is 0 Å². The van der Waals surface area contributed by atoms with Gasteiger partial charge in [0.1, 0.15) is 18.1 Å². The second kappa shape index (κ2) is 13.4. The zero-order valence-electron chi connectivity index (χ0n) is 22.2. The fourth-order valence-electron chi connectivity index (χ4n) is 4.48. The summed E-state index contributed by atoms with van der Waals surface area (Å²) in [6, 6.07) is 4.96. The Morgan fingerprint density at radius 1 is 1.35 bits per heavy atom. The van der Waals surface area contributed by atoms with Crippen LogP contribution in [0.4, 0.5) is 4.39 Å². The number of thiophene rings is 1. The Kier molecular flexibility index (Phi) is 9.90. The van der Waals surface area contributed by atoms with Crippen LogP contribution in [0.5, 0.6) is 5.75 Å². The number of hydrogen-bond acceptors (Lipinski definition) is 7. The standard InChI is InChI=1S/C27H31ClFN5O5S/c1-15(28)25(33-27(30-2)31-18-4-6-39-7-5-18)22-11-20-23(40-22)12-34(26(20)37)13-24(36)32-21(14-35)16-8-17(29)10-19(9-16)38-3/h8-11,18,21,35H,2,4-7,12-14H2,1,3H3,(H,31,33)(H,32,36)/b25-15+/t21-/m1/s1. The molecule has 40 heavy (non-hydrogen) atoms. The number of amides is 2. The van der Waals surface area contributed by atoms with Crippen molar-refractivity contribution >= 4 is 53.1 Å². The van der Waals surface area contributed by atoms with Gasteiger partial charge >= 0.3 is 0 Å². The molecule has 2 aliphatic rings. The first-order chi connectivity index (χ1) is 19.2. The molecule has 0 radical (unpaired) electrons. The van der Waals surface area contributed by atoms with E-state index in [1.54, 1.807) is 13.0 Å². The van der Waals surface area contributed by atoms with Crippen molar-refractivity contribution in [3.05, 3.63) is 56.0 Å². The number of rotatable bonds is 9. The van der Waals surface area contributed by atoms with Gasteiger partial charge in [0, 0.05) is 35.2 Å². The highest BCUT2D eigenvalue weighted by atomic mass is 35.5. The molecule has 2 amide bonds. The summed E-state index contributed by atoms with van der Waals surface area (Å²) in [4.78, 5) is 37.4. The van der Waals surface area contributed by atoms with Crippen LogP contribution in [-0.2, 0) is 16.1 Å². The zero-order valence-corrected chi connectivity index (χ0v) is 23.8. The molecule has 1 aromatic heterocycles. The third kappa shape index (κ3) is 7.05. The lowest BCUT2D eigenvalue weighted by Crippen LogP contribution is -2.40. The molecule has 0 unspecified atom stereocenters. The maximum absolute atomic E-state index is 13.9. The van der Waals surface area contributed by atoms with Gasteiger partial charge in [-0.1, -0.05) is 11.6 Å². The van der Waals surface area contributed by atoms with Crippen LogP contribution in [0.3, 0.4) is 0 Å². The van der Waals surface area contributed by atoms with Crippen molar-refractivity contribution in [2.75, 3.05) is 33.5 Å². The number of aliphatic hydroxyl groups excluding tert-OH is 1. The first-order valence-electron chi connectivity index (χ1n) is 12.7. The Morgan fingerprint density at radius 2 is 2.10 bits per heavy atom. The van der Waals surface area contributed by atoms with Crippen LogP contribution in [0.2, 0.25) is 0 Å². The smallest absolute Gasteiger partial charge is 0.255 e. The summed E-state index contributed by atoms with van der Waals surface area (Å²) >= 11 is 7.75. The van der Waals surface area contributed by atoms with E-state index < -0.39 is 24.4 Å². The summed E-state index contributed by atoms with van der Waals surface area (Å²) in [6.07, 6.45) is 1.66. The number of guanidine groups is 1. The summed E-state index contributed by atoms with van der Waals surface area (Å²) in [6.45, 7) is 6.19. The Hall–Kier alpha value is -3.32. The molecule has 1 saturated heterocycles. The molecule has 2 aliphatic heterocycles. The molecule has 1 aromatic carbocycles. The predicted molar refractivity (Wildman–Crippen MR) is 152 cm³/mol. The normalized spacial score (nSPS) is 17.3. The van der Waals surface area contributed by atoms with Crippen molar-refractivity contribution in [1.29, 1.82) is 0 Å². The predicted octanol–water partition coefficient (Wildman–Crippen LogP) is 3.45. The number of allylic oxidation sites excluding steroid dienone is 1. The second-order valence-electron chi connectivity index (χ2n) is 9.34. The molecule has 3 N–H and O–H groups in total. The highest BCUT2D eigenvalue weighted by Gasteiger charge is 2.32. The maximum Gasteiger partial charge on any atom is 0.255 e. The topological polar surface area (TPSA) is 125 Å². The summed E-state index contributed by atoms with van der Waals surface area (Å²) in [5.74, 6) is -0.753. The second-order valence-corrected chi connectivity index (χ2v) is 11.0. The Balaban J connectivity index is 1.43. The molecule has 1 atom stereocenters. The van der Waals surface area contributed by atoms with Gasteiger partial charge in [-0.05, 0) is 50.2 Å². The van der Waals surface area contributed by atoms with E-state index in [2.05, 4.69) is 27.3 Å². The van der Waals surface area contributed by atoms with Crippen molar-refractivity contribution in [3.63, 3.8) is 0 Å². The van der Waals surface area contributed by atoms with Crippen LogP contribution >= 0.6 is 22.9 Å². The molecule has 3 heterocycles. The third-order valence-electron chi connectivity index (χ3n) is 6.53. The van der Waals surface area contributed by atoms with E-state index in [0.717, 1.165) is 17.7 Å². The number of fused-ring (bicyclic) bond motifs is 1. The first kappa shape index (κ1) is 29.7. The van der Waals surface area contributed by atoms with E-state index in [1.807, 2.05) is 0 Å². The van der Waals surface area contributed by atoms with Crippen molar-refractivity contribution in [2.24, 2.45) is 9.98 Å². The number of carbonyl (C=O) groups is 2. The zero-order chi connectivity index (χ0) is 28.8. The fraction of sp³-hybridized carbons (Fsp3) is 0.407. The van der Waals surface area contributed by atoms with Gasteiger partial charge in [0.15, 0.2) is 0 Å². The monoisotopic (exact) mass is 591 g/mol. The Labute approximate surface area is 240 Å². The summed E-state index contributed by atoms with van der Waals surface area (Å²) in [5.41, 5.74) is 1.30. The average molecular weight is 592 g/mol. The first-order valence-corrected chi connectivity index (χ1v) is 13.8. The molecule has 0 spiro atoms. The molecular weight excluding hydrogens is 561 g/mol. The lowest BCUT2D eigenvalue weighted by atomic mass is 10.1. The third-order valence-corrected chi connectivity index (χ3v) is 7.83. The van der Waals surface area contributed by atoms with E-state index in [-0.39, 0.29) is 30.8 Å². The molecule has 0 bridgehead atoms. The molecule has 13 heteroatoms. The van der Waals surface area contributed by atoms with Gasteiger partial charge < -0.3 is 30.1 Å². The largest absolute Gasteiger partial charge is 0.497 e. The molecule has 1 fully saturated rings. The van der Waals surface area contributed by atoms with Crippen LogP contribution in [0.25, 0.3) is 5.70 Å². The number of aliphatic hydroxyl groups is 1. The van der Waals surface area contributed by atoms with Gasteiger partial charge in [-0.15, -0.1) is 11.3 Å². The van der Waals surface area contributed by atoms with Crippen LogP contribution in [-0.4, -0.2) is 74.0 Å². The van der Waals surface area contributed by atoms with Gasteiger partial charge in [-0.2, -0.15) is 0 Å². The van der Waals surface area contributed by atoms with Gasteiger partial charge in [0.05, 0.1) is 42.4 Å².